The van der Waals surface area contributed by atoms with Gasteiger partial charge in [0.15, 0.2) is 0 Å². The van der Waals surface area contributed by atoms with E-state index in [1.54, 1.807) is 0 Å². The van der Waals surface area contributed by atoms with E-state index in [1.807, 2.05) is 13.8 Å². The molecule has 0 bridgehead atoms. The molecule has 3 heteroatoms. The molecular formula is C10H15BrO2. The van der Waals surface area contributed by atoms with Crippen LogP contribution in [0, 0.1) is 11.8 Å². The van der Waals surface area contributed by atoms with Crippen molar-refractivity contribution >= 4 is 21.9 Å². The highest BCUT2D eigenvalue weighted by Gasteiger charge is 2.64. The lowest BCUT2D eigenvalue weighted by molar-refractivity contribution is -0.149. The summed E-state index contributed by atoms with van der Waals surface area (Å²) in [6.07, 6.45) is 2.16. The van der Waals surface area contributed by atoms with Crippen molar-refractivity contribution in [3.8, 4) is 0 Å². The van der Waals surface area contributed by atoms with Gasteiger partial charge in [-0.15, -0.1) is 0 Å². The van der Waals surface area contributed by atoms with Crippen molar-refractivity contribution in [1.29, 1.82) is 0 Å². The zero-order chi connectivity index (χ0) is 9.85. The molecule has 2 rings (SSSR count). The molecule has 0 aromatic carbocycles. The molecule has 3 unspecified atom stereocenters. The summed E-state index contributed by atoms with van der Waals surface area (Å²) >= 11 is 3.73. The zero-order valence-electron chi connectivity index (χ0n) is 8.26. The predicted molar refractivity (Wildman–Crippen MR) is 53.7 cm³/mol. The van der Waals surface area contributed by atoms with Crippen LogP contribution in [0.4, 0.5) is 0 Å². The molecule has 0 aromatic heterocycles. The predicted octanol–water partition coefficient (Wildman–Crippen LogP) is 2.50. The first-order valence-electron chi connectivity index (χ1n) is 4.80. The van der Waals surface area contributed by atoms with Gasteiger partial charge in [-0.3, -0.25) is 4.79 Å². The summed E-state index contributed by atoms with van der Waals surface area (Å²) < 4.78 is 5.29. The fourth-order valence-corrected chi connectivity index (χ4v) is 3.65. The number of carbonyl (C=O) groups is 1. The smallest absolute Gasteiger partial charge is 0.311 e. The Balaban J connectivity index is 2.42. The third-order valence-corrected chi connectivity index (χ3v) is 5.48. The quantitative estimate of drug-likeness (QED) is 0.485. The first kappa shape index (κ1) is 9.50. The number of carbonyl (C=O) groups excluding carboxylic acids is 1. The number of ether oxygens (including phenoxy) is 1. The summed E-state index contributed by atoms with van der Waals surface area (Å²) in [5, 5.41) is 0. The molecule has 13 heavy (non-hydrogen) atoms. The van der Waals surface area contributed by atoms with Crippen LogP contribution in [0.5, 0.6) is 0 Å². The Morgan fingerprint density at radius 2 is 2.15 bits per heavy atom. The topological polar surface area (TPSA) is 26.3 Å². The molecule has 1 heterocycles. The summed E-state index contributed by atoms with van der Waals surface area (Å²) in [7, 11) is 0. The van der Waals surface area contributed by atoms with Gasteiger partial charge in [-0.05, 0) is 32.6 Å². The van der Waals surface area contributed by atoms with Crippen LogP contribution < -0.4 is 0 Å². The first-order valence-corrected chi connectivity index (χ1v) is 5.59. The van der Waals surface area contributed by atoms with Crippen LogP contribution in [0.3, 0.4) is 0 Å². The van der Waals surface area contributed by atoms with E-state index in [0.29, 0.717) is 5.92 Å². The molecule has 1 aliphatic heterocycles. The molecule has 1 saturated heterocycles. The monoisotopic (exact) mass is 246 g/mol. The Morgan fingerprint density at radius 1 is 1.54 bits per heavy atom. The first-order chi connectivity index (χ1) is 5.88. The second-order valence-corrected chi connectivity index (χ2v) is 6.20. The number of rotatable bonds is 0. The van der Waals surface area contributed by atoms with Gasteiger partial charge in [0.1, 0.15) is 5.60 Å². The van der Waals surface area contributed by atoms with Crippen LogP contribution in [-0.2, 0) is 9.53 Å². The van der Waals surface area contributed by atoms with Gasteiger partial charge >= 0.3 is 5.97 Å². The molecule has 2 fully saturated rings. The average Bonchev–Trinajstić information content (AvgIpc) is 2.35. The average molecular weight is 247 g/mol. The highest BCUT2D eigenvalue weighted by Crippen LogP contribution is 2.58. The molecular weight excluding hydrogens is 232 g/mol. The maximum atomic E-state index is 11.6. The summed E-state index contributed by atoms with van der Waals surface area (Å²) in [5.74, 6) is 0.489. The van der Waals surface area contributed by atoms with E-state index in [1.165, 1.54) is 0 Å². The van der Waals surface area contributed by atoms with Crippen molar-refractivity contribution in [2.45, 2.75) is 43.5 Å². The van der Waals surface area contributed by atoms with Gasteiger partial charge in [0.2, 0.25) is 0 Å². The highest BCUT2D eigenvalue weighted by molar-refractivity contribution is 9.10. The second-order valence-electron chi connectivity index (χ2n) is 4.79. The van der Waals surface area contributed by atoms with Crippen LogP contribution in [0.15, 0.2) is 0 Å². The van der Waals surface area contributed by atoms with Gasteiger partial charge in [0, 0.05) is 0 Å². The zero-order valence-corrected chi connectivity index (χ0v) is 9.85. The third kappa shape index (κ3) is 1.03. The lowest BCUT2D eigenvalue weighted by Crippen LogP contribution is -2.42. The van der Waals surface area contributed by atoms with Gasteiger partial charge in [0.25, 0.3) is 0 Å². The summed E-state index contributed by atoms with van der Waals surface area (Å²) in [5.41, 5.74) is -0.348. The molecule has 0 aromatic rings. The number of esters is 1. The van der Waals surface area contributed by atoms with Crippen molar-refractivity contribution in [2.75, 3.05) is 0 Å². The number of alkyl halides is 1. The summed E-state index contributed by atoms with van der Waals surface area (Å²) in [6.45, 7) is 6.13. The van der Waals surface area contributed by atoms with Crippen molar-refractivity contribution in [2.24, 2.45) is 11.8 Å². The van der Waals surface area contributed by atoms with Gasteiger partial charge in [-0.1, -0.05) is 22.9 Å². The maximum absolute atomic E-state index is 11.6. The highest BCUT2D eigenvalue weighted by atomic mass is 79.9. The number of hydrogen-bond acceptors (Lipinski definition) is 2. The van der Waals surface area contributed by atoms with E-state index in [4.69, 9.17) is 4.74 Å². The second kappa shape index (κ2) is 2.50. The normalized spacial score (nSPS) is 47.5. The Labute approximate surface area is 87.2 Å². The van der Waals surface area contributed by atoms with E-state index >= 15 is 0 Å². The Hall–Kier alpha value is -0.0500. The molecule has 0 spiro atoms. The van der Waals surface area contributed by atoms with Crippen molar-refractivity contribution in [3.63, 3.8) is 0 Å². The molecule has 0 amide bonds. The lowest BCUT2D eigenvalue weighted by Gasteiger charge is -2.32. The van der Waals surface area contributed by atoms with E-state index < -0.39 is 0 Å². The van der Waals surface area contributed by atoms with Gasteiger partial charge < -0.3 is 4.74 Å². The minimum Gasteiger partial charge on any atom is -0.458 e. The van der Waals surface area contributed by atoms with Crippen molar-refractivity contribution in [1.82, 2.24) is 0 Å². The van der Waals surface area contributed by atoms with Crippen LogP contribution in [-0.4, -0.2) is 15.9 Å². The Kier molecular flexibility index (Phi) is 1.83. The third-order valence-electron chi connectivity index (χ3n) is 3.64. The maximum Gasteiger partial charge on any atom is 0.311 e. The largest absolute Gasteiger partial charge is 0.458 e. The van der Waals surface area contributed by atoms with Crippen molar-refractivity contribution < 1.29 is 9.53 Å². The van der Waals surface area contributed by atoms with Crippen LogP contribution >= 0.6 is 15.9 Å². The lowest BCUT2D eigenvalue weighted by atomic mass is 9.83. The Bertz CT molecular complexity index is 262. The number of cyclic esters (lactones) is 1. The molecule has 74 valence electrons. The van der Waals surface area contributed by atoms with Gasteiger partial charge in [-0.2, -0.15) is 0 Å². The SMILES string of the molecule is CC1CCC2(Br)C1C(=O)OC2(C)C. The van der Waals surface area contributed by atoms with E-state index in [0.717, 1.165) is 12.8 Å². The Morgan fingerprint density at radius 3 is 2.69 bits per heavy atom. The fourth-order valence-electron chi connectivity index (χ4n) is 2.71. The molecule has 2 nitrogen and oxygen atoms in total. The van der Waals surface area contributed by atoms with Gasteiger partial charge in [-0.25, -0.2) is 0 Å². The molecule has 0 radical (unpaired) electrons. The van der Waals surface area contributed by atoms with Crippen LogP contribution in [0.1, 0.15) is 33.6 Å². The molecule has 1 aliphatic carbocycles. The van der Waals surface area contributed by atoms with Crippen LogP contribution in [0.2, 0.25) is 0 Å². The number of halogens is 1. The fraction of sp³-hybridized carbons (Fsp3) is 0.900. The molecule has 0 N–H and O–H groups in total. The molecule has 2 aliphatic rings. The number of fused-ring (bicyclic) bond motifs is 1. The van der Waals surface area contributed by atoms with Gasteiger partial charge in [0.05, 0.1) is 10.2 Å². The van der Waals surface area contributed by atoms with E-state index in [2.05, 4.69) is 22.9 Å². The minimum absolute atomic E-state index is 0.0214. The van der Waals surface area contributed by atoms with E-state index in [-0.39, 0.29) is 21.8 Å². The van der Waals surface area contributed by atoms with Crippen molar-refractivity contribution in [3.05, 3.63) is 0 Å². The number of hydrogen-bond donors (Lipinski definition) is 0. The summed E-state index contributed by atoms with van der Waals surface area (Å²) in [4.78, 5) is 11.6. The molecule has 3 atom stereocenters. The standard InChI is InChI=1S/C10H15BrO2/c1-6-4-5-10(11)7(6)8(12)13-9(10,2)3/h6-7H,4-5H2,1-3H3. The molecule has 1 saturated carbocycles. The summed E-state index contributed by atoms with van der Waals surface area (Å²) in [6, 6.07) is 0. The van der Waals surface area contributed by atoms with Crippen LogP contribution in [0.25, 0.3) is 0 Å². The minimum atomic E-state index is -0.348. The van der Waals surface area contributed by atoms with E-state index in [9.17, 15) is 4.79 Å².